The molecule has 2 aromatic heterocycles. The van der Waals surface area contributed by atoms with Gasteiger partial charge in [0.1, 0.15) is 21.5 Å². The van der Waals surface area contributed by atoms with Crippen molar-refractivity contribution in [3.8, 4) is 32.6 Å². The predicted octanol–water partition coefficient (Wildman–Crippen LogP) is 7.43. The zero-order valence-electron chi connectivity index (χ0n) is 20.5. The summed E-state index contributed by atoms with van der Waals surface area (Å²) in [7, 11) is 3.28. The highest BCUT2D eigenvalue weighted by atomic mass is 32.1. The number of ether oxygens (including phenoxy) is 2. The van der Waals surface area contributed by atoms with Crippen molar-refractivity contribution in [2.45, 2.75) is 0 Å². The molecule has 8 nitrogen and oxygen atoms in total. The van der Waals surface area contributed by atoms with Crippen molar-refractivity contribution >= 4 is 54.5 Å². The van der Waals surface area contributed by atoms with Gasteiger partial charge in [-0.25, -0.2) is 9.97 Å². The Labute approximate surface area is 226 Å². The summed E-state index contributed by atoms with van der Waals surface area (Å²) < 4.78 is 12.3. The number of nitrogens with zero attached hydrogens (tertiary/aromatic N) is 3. The predicted molar refractivity (Wildman–Crippen MR) is 154 cm³/mol. The van der Waals surface area contributed by atoms with Crippen LogP contribution in [0.4, 0.5) is 11.4 Å². The first kappa shape index (κ1) is 25.1. The number of nitro benzene ring substituents is 1. The molecule has 0 saturated carbocycles. The molecule has 38 heavy (non-hydrogen) atoms. The van der Waals surface area contributed by atoms with Crippen molar-refractivity contribution < 1.29 is 14.4 Å². The number of nitrogens with two attached hydrogens (primary N) is 1. The van der Waals surface area contributed by atoms with E-state index in [1.54, 1.807) is 31.6 Å². The molecule has 0 fully saturated rings. The highest BCUT2D eigenvalue weighted by molar-refractivity contribution is 7.22. The van der Waals surface area contributed by atoms with E-state index >= 15 is 0 Å². The lowest BCUT2D eigenvalue weighted by Crippen LogP contribution is -1.86. The van der Waals surface area contributed by atoms with Gasteiger partial charge in [-0.3, -0.25) is 10.1 Å². The fraction of sp³-hybridized carbons (Fsp3) is 0.0714. The number of non-ortho nitro benzene ring substituents is 1. The summed E-state index contributed by atoms with van der Waals surface area (Å²) in [5.41, 5.74) is 10.2. The summed E-state index contributed by atoms with van der Waals surface area (Å²) in [6, 6.07) is 26.0. The molecule has 10 heteroatoms. The molecule has 0 spiro atoms. The van der Waals surface area contributed by atoms with Crippen LogP contribution in [-0.4, -0.2) is 29.1 Å². The van der Waals surface area contributed by atoms with Crippen LogP contribution in [0.3, 0.4) is 0 Å². The number of thiazole rings is 2. The number of hydrogen-bond acceptors (Lipinski definition) is 9. The lowest BCUT2D eigenvalue weighted by molar-refractivity contribution is -0.384. The lowest BCUT2D eigenvalue weighted by Gasteiger charge is -1.99. The summed E-state index contributed by atoms with van der Waals surface area (Å²) in [6.07, 6.45) is 0. The minimum Gasteiger partial charge on any atom is -0.497 e. The molecule has 0 unspecified atom stereocenters. The Morgan fingerprint density at radius 3 is 1.66 bits per heavy atom. The van der Waals surface area contributed by atoms with E-state index in [9.17, 15) is 10.1 Å². The highest BCUT2D eigenvalue weighted by Crippen LogP contribution is 2.33. The van der Waals surface area contributed by atoms with Crippen molar-refractivity contribution in [3.05, 3.63) is 95.0 Å². The van der Waals surface area contributed by atoms with E-state index in [1.807, 2.05) is 66.7 Å². The van der Waals surface area contributed by atoms with Gasteiger partial charge in [-0.15, -0.1) is 22.7 Å². The zero-order chi connectivity index (χ0) is 26.6. The van der Waals surface area contributed by atoms with Gasteiger partial charge in [-0.2, -0.15) is 0 Å². The summed E-state index contributed by atoms with van der Waals surface area (Å²) in [6.45, 7) is 0. The van der Waals surface area contributed by atoms with Crippen molar-refractivity contribution in [1.82, 2.24) is 9.97 Å². The first-order valence-electron chi connectivity index (χ1n) is 11.4. The number of aromatic nitrogens is 2. The molecular formula is C28H22N4O4S2. The molecule has 0 bridgehead atoms. The minimum absolute atomic E-state index is 0.0593. The number of methoxy groups -OCH3 is 2. The Balaban J connectivity index is 0.000000156. The molecule has 6 rings (SSSR count). The van der Waals surface area contributed by atoms with E-state index in [2.05, 4.69) is 9.97 Å². The summed E-state index contributed by atoms with van der Waals surface area (Å²) in [4.78, 5) is 19.4. The number of nitrogen functional groups attached to an aromatic ring is 1. The fourth-order valence-corrected chi connectivity index (χ4v) is 5.59. The standard InChI is InChI=1S/C14H10N2O3S.C14H12N2OS/c1-19-11-5-2-9(3-6-11)14-15-12-8-10(16(17)18)4-7-13(12)20-14;1-17-11-5-2-9(3-6-11)14-16-12-8-10(15)4-7-13(12)18-14/h2-8H,1H3;2-8H,15H2,1H3. The number of fused-ring (bicyclic) bond motifs is 2. The van der Waals surface area contributed by atoms with Crippen LogP contribution in [0.5, 0.6) is 11.5 Å². The summed E-state index contributed by atoms with van der Waals surface area (Å²) in [5.74, 6) is 1.63. The van der Waals surface area contributed by atoms with Crippen molar-refractivity contribution in [1.29, 1.82) is 0 Å². The molecule has 6 aromatic rings. The van der Waals surface area contributed by atoms with Gasteiger partial charge in [0.05, 0.1) is 39.6 Å². The largest absolute Gasteiger partial charge is 0.497 e. The Kier molecular flexibility index (Phi) is 7.16. The maximum atomic E-state index is 10.8. The van der Waals surface area contributed by atoms with Crippen LogP contribution in [0.2, 0.25) is 0 Å². The molecular weight excluding hydrogens is 520 g/mol. The Morgan fingerprint density at radius 2 is 1.18 bits per heavy atom. The van der Waals surface area contributed by atoms with Gasteiger partial charge in [0.15, 0.2) is 0 Å². The first-order valence-corrected chi connectivity index (χ1v) is 13.1. The Hall–Kier alpha value is -4.54. The second-order valence-electron chi connectivity index (χ2n) is 8.13. The maximum absolute atomic E-state index is 10.8. The molecule has 2 N–H and O–H groups in total. The van der Waals surface area contributed by atoms with Crippen LogP contribution < -0.4 is 15.2 Å². The average molecular weight is 543 g/mol. The van der Waals surface area contributed by atoms with E-state index in [0.29, 0.717) is 5.52 Å². The van der Waals surface area contributed by atoms with Gasteiger partial charge in [-0.1, -0.05) is 0 Å². The number of hydrogen-bond donors (Lipinski definition) is 1. The van der Waals surface area contributed by atoms with Crippen molar-refractivity contribution in [2.24, 2.45) is 0 Å². The Morgan fingerprint density at radius 1 is 0.711 bits per heavy atom. The number of nitro groups is 1. The first-order chi connectivity index (χ1) is 18.4. The van der Waals surface area contributed by atoms with E-state index in [-0.39, 0.29) is 5.69 Å². The SMILES string of the molecule is COc1ccc(-c2nc3cc(N)ccc3s2)cc1.COc1ccc(-c2nc3cc([N+](=O)[O-])ccc3s2)cc1. The van der Waals surface area contributed by atoms with Crippen LogP contribution >= 0.6 is 22.7 Å². The molecule has 0 amide bonds. The molecule has 2 heterocycles. The smallest absolute Gasteiger partial charge is 0.271 e. The topological polar surface area (TPSA) is 113 Å². The van der Waals surface area contributed by atoms with Gasteiger partial charge in [-0.05, 0) is 72.8 Å². The molecule has 190 valence electrons. The van der Waals surface area contributed by atoms with Gasteiger partial charge >= 0.3 is 0 Å². The number of rotatable bonds is 5. The molecule has 4 aromatic carbocycles. The number of anilines is 1. The van der Waals surface area contributed by atoms with Gasteiger partial charge in [0.2, 0.25) is 0 Å². The summed E-state index contributed by atoms with van der Waals surface area (Å²) >= 11 is 3.17. The fourth-order valence-electron chi connectivity index (χ4n) is 3.69. The van der Waals surface area contributed by atoms with E-state index in [1.165, 1.54) is 23.5 Å². The molecule has 0 radical (unpaired) electrons. The zero-order valence-corrected chi connectivity index (χ0v) is 22.1. The molecule has 0 aliphatic heterocycles. The quantitative estimate of drug-likeness (QED) is 0.137. The second-order valence-corrected chi connectivity index (χ2v) is 10.2. The van der Waals surface area contributed by atoms with Crippen molar-refractivity contribution in [3.63, 3.8) is 0 Å². The highest BCUT2D eigenvalue weighted by Gasteiger charge is 2.11. The third-order valence-corrected chi connectivity index (χ3v) is 7.84. The Bertz CT molecular complexity index is 1730. The van der Waals surface area contributed by atoms with Crippen LogP contribution in [0.25, 0.3) is 41.6 Å². The van der Waals surface area contributed by atoms with E-state index < -0.39 is 4.92 Å². The number of benzene rings is 4. The van der Waals surface area contributed by atoms with Crippen LogP contribution in [0.1, 0.15) is 0 Å². The van der Waals surface area contributed by atoms with Gasteiger partial charge < -0.3 is 15.2 Å². The molecule has 0 aliphatic carbocycles. The van der Waals surface area contributed by atoms with Crippen LogP contribution in [0.15, 0.2) is 84.9 Å². The maximum Gasteiger partial charge on any atom is 0.271 e. The van der Waals surface area contributed by atoms with Gasteiger partial charge in [0, 0.05) is 28.9 Å². The van der Waals surface area contributed by atoms with Crippen LogP contribution in [-0.2, 0) is 0 Å². The average Bonchev–Trinajstić information content (AvgIpc) is 3.57. The third kappa shape index (κ3) is 5.41. The van der Waals surface area contributed by atoms with E-state index in [4.69, 9.17) is 15.2 Å². The lowest BCUT2D eigenvalue weighted by atomic mass is 10.2. The second kappa shape index (κ2) is 10.8. The summed E-state index contributed by atoms with van der Waals surface area (Å²) in [5, 5.41) is 12.6. The molecule has 0 saturated heterocycles. The van der Waals surface area contributed by atoms with Crippen LogP contribution in [0, 0.1) is 10.1 Å². The van der Waals surface area contributed by atoms with E-state index in [0.717, 1.165) is 53.2 Å². The molecule has 0 atom stereocenters. The monoisotopic (exact) mass is 542 g/mol. The van der Waals surface area contributed by atoms with Crippen molar-refractivity contribution in [2.75, 3.05) is 20.0 Å². The third-order valence-electron chi connectivity index (χ3n) is 5.67. The minimum atomic E-state index is -0.411. The van der Waals surface area contributed by atoms with Gasteiger partial charge in [0.25, 0.3) is 5.69 Å². The molecule has 0 aliphatic rings. The normalized spacial score (nSPS) is 10.7.